The van der Waals surface area contributed by atoms with E-state index in [-0.39, 0.29) is 16.6 Å². The number of para-hydroxylation sites is 1. The van der Waals surface area contributed by atoms with Crippen molar-refractivity contribution in [1.29, 1.82) is 0 Å². The van der Waals surface area contributed by atoms with E-state index in [1.165, 1.54) is 23.1 Å². The second kappa shape index (κ2) is 6.36. The summed E-state index contributed by atoms with van der Waals surface area (Å²) in [6.45, 7) is 0.673. The van der Waals surface area contributed by atoms with Crippen molar-refractivity contribution in [3.8, 4) is 0 Å². The van der Waals surface area contributed by atoms with Gasteiger partial charge < -0.3 is 19.3 Å². The summed E-state index contributed by atoms with van der Waals surface area (Å²) in [4.78, 5) is 28.5. The minimum Gasteiger partial charge on any atom is -0.478 e. The number of rotatable bonds is 3. The number of benzene rings is 1. The molecular formula is C15H14F3N3O4. The average molecular weight is 357 g/mol. The molecule has 1 fully saturated rings. The quantitative estimate of drug-likeness (QED) is 0.902. The molecule has 0 radical (unpaired) electrons. The van der Waals surface area contributed by atoms with Gasteiger partial charge in [-0.3, -0.25) is 4.79 Å². The molecule has 25 heavy (non-hydrogen) atoms. The summed E-state index contributed by atoms with van der Waals surface area (Å²) in [5.41, 5.74) is -0.688. The minimum absolute atomic E-state index is 0.0474. The summed E-state index contributed by atoms with van der Waals surface area (Å²) < 4.78 is 45.8. The van der Waals surface area contributed by atoms with Crippen molar-refractivity contribution in [1.82, 2.24) is 14.5 Å². The molecular weight excluding hydrogens is 343 g/mol. The predicted molar refractivity (Wildman–Crippen MR) is 79.1 cm³/mol. The lowest BCUT2D eigenvalue weighted by atomic mass is 10.2. The Bertz CT molecular complexity index is 825. The topological polar surface area (TPSA) is 84.7 Å². The largest absolute Gasteiger partial charge is 0.478 e. The maximum absolute atomic E-state index is 13.3. The Labute approximate surface area is 139 Å². The van der Waals surface area contributed by atoms with Crippen LogP contribution in [-0.4, -0.2) is 57.7 Å². The zero-order valence-electron chi connectivity index (χ0n) is 12.9. The maximum atomic E-state index is 13.3. The van der Waals surface area contributed by atoms with Gasteiger partial charge in [0.2, 0.25) is 11.7 Å². The summed E-state index contributed by atoms with van der Waals surface area (Å²) in [6, 6.07) is 3.81. The van der Waals surface area contributed by atoms with Gasteiger partial charge in [-0.1, -0.05) is 6.07 Å². The SMILES string of the molecule is O=C(O)c1cccc2c1nc(C(F)(F)F)n2CC(=O)N1CCOCC1. The number of halogens is 3. The Morgan fingerprint density at radius 2 is 1.92 bits per heavy atom. The Hall–Kier alpha value is -2.62. The van der Waals surface area contributed by atoms with Crippen LogP contribution in [0.2, 0.25) is 0 Å². The second-order valence-corrected chi connectivity index (χ2v) is 5.49. The van der Waals surface area contributed by atoms with Gasteiger partial charge in [0.05, 0.1) is 24.3 Å². The third-order valence-electron chi connectivity index (χ3n) is 3.92. The third kappa shape index (κ3) is 3.29. The highest BCUT2D eigenvalue weighted by molar-refractivity contribution is 6.01. The van der Waals surface area contributed by atoms with Crippen molar-refractivity contribution in [2.45, 2.75) is 12.7 Å². The molecule has 1 aromatic heterocycles. The van der Waals surface area contributed by atoms with E-state index < -0.39 is 30.4 Å². The number of morpholine rings is 1. The van der Waals surface area contributed by atoms with Crippen molar-refractivity contribution >= 4 is 22.9 Å². The number of carbonyl (C=O) groups is 2. The van der Waals surface area contributed by atoms with E-state index in [1.807, 2.05) is 0 Å². The second-order valence-electron chi connectivity index (χ2n) is 5.49. The first-order chi connectivity index (χ1) is 11.8. The van der Waals surface area contributed by atoms with Gasteiger partial charge in [0.1, 0.15) is 12.1 Å². The van der Waals surface area contributed by atoms with E-state index in [4.69, 9.17) is 9.84 Å². The van der Waals surface area contributed by atoms with Gasteiger partial charge in [-0.05, 0) is 12.1 Å². The van der Waals surface area contributed by atoms with Crippen molar-refractivity contribution in [3.05, 3.63) is 29.6 Å². The van der Waals surface area contributed by atoms with Crippen LogP contribution in [0.3, 0.4) is 0 Å². The lowest BCUT2D eigenvalue weighted by molar-refractivity contribution is -0.148. The smallest absolute Gasteiger partial charge is 0.449 e. The number of hydrogen-bond donors (Lipinski definition) is 1. The van der Waals surface area contributed by atoms with Crippen LogP contribution in [-0.2, 0) is 22.3 Å². The number of nitrogens with zero attached hydrogens (tertiary/aromatic N) is 3. The van der Waals surface area contributed by atoms with Crippen LogP contribution < -0.4 is 0 Å². The summed E-state index contributed by atoms with van der Waals surface area (Å²) in [7, 11) is 0. The first-order valence-corrected chi connectivity index (χ1v) is 7.44. The van der Waals surface area contributed by atoms with Gasteiger partial charge in [0.25, 0.3) is 0 Å². The molecule has 3 rings (SSSR count). The molecule has 0 aliphatic carbocycles. The van der Waals surface area contributed by atoms with E-state index in [1.54, 1.807) is 0 Å². The molecule has 10 heteroatoms. The number of carboxylic acid groups (broad SMARTS) is 1. The lowest BCUT2D eigenvalue weighted by Gasteiger charge is -2.27. The number of amides is 1. The van der Waals surface area contributed by atoms with Crippen LogP contribution in [0.1, 0.15) is 16.2 Å². The van der Waals surface area contributed by atoms with Gasteiger partial charge in [-0.15, -0.1) is 0 Å². The van der Waals surface area contributed by atoms with Crippen LogP contribution in [0.25, 0.3) is 11.0 Å². The summed E-state index contributed by atoms with van der Waals surface area (Å²) in [5.74, 6) is -3.19. The fourth-order valence-corrected chi connectivity index (χ4v) is 2.74. The zero-order valence-corrected chi connectivity index (χ0v) is 12.9. The van der Waals surface area contributed by atoms with Crippen LogP contribution in [0.5, 0.6) is 0 Å². The van der Waals surface area contributed by atoms with Gasteiger partial charge in [-0.25, -0.2) is 9.78 Å². The van der Waals surface area contributed by atoms with Gasteiger partial charge in [0, 0.05) is 13.1 Å². The van der Waals surface area contributed by atoms with Crippen LogP contribution >= 0.6 is 0 Å². The van der Waals surface area contributed by atoms with E-state index in [2.05, 4.69) is 4.98 Å². The molecule has 0 spiro atoms. The van der Waals surface area contributed by atoms with Crippen molar-refractivity contribution < 1.29 is 32.6 Å². The Kier molecular flexibility index (Phi) is 4.38. The van der Waals surface area contributed by atoms with E-state index in [0.717, 1.165) is 4.57 Å². The molecule has 1 N–H and O–H groups in total. The van der Waals surface area contributed by atoms with Crippen molar-refractivity contribution in [3.63, 3.8) is 0 Å². The van der Waals surface area contributed by atoms with Gasteiger partial charge >= 0.3 is 12.1 Å². The van der Waals surface area contributed by atoms with Crippen LogP contribution in [0.4, 0.5) is 13.2 Å². The lowest BCUT2D eigenvalue weighted by Crippen LogP contribution is -2.42. The number of aromatic nitrogens is 2. The third-order valence-corrected chi connectivity index (χ3v) is 3.92. The van der Waals surface area contributed by atoms with Gasteiger partial charge in [0.15, 0.2) is 0 Å². The van der Waals surface area contributed by atoms with Gasteiger partial charge in [-0.2, -0.15) is 13.2 Å². The number of aromatic carboxylic acids is 1. The van der Waals surface area contributed by atoms with Crippen molar-refractivity contribution in [2.24, 2.45) is 0 Å². The molecule has 1 aromatic carbocycles. The fraction of sp³-hybridized carbons (Fsp3) is 0.400. The number of carboxylic acids is 1. The summed E-state index contributed by atoms with van der Waals surface area (Å²) in [6.07, 6.45) is -4.82. The fourth-order valence-electron chi connectivity index (χ4n) is 2.74. The zero-order chi connectivity index (χ0) is 18.2. The van der Waals surface area contributed by atoms with Crippen LogP contribution in [0.15, 0.2) is 18.2 Å². The number of fused-ring (bicyclic) bond motifs is 1. The van der Waals surface area contributed by atoms with E-state index in [9.17, 15) is 22.8 Å². The first-order valence-electron chi connectivity index (χ1n) is 7.44. The molecule has 1 aliphatic rings. The predicted octanol–water partition coefficient (Wildman–Crippen LogP) is 1.61. The highest BCUT2D eigenvalue weighted by atomic mass is 19.4. The standard InChI is InChI=1S/C15H14F3N3O4/c16-15(17,18)14-19-12-9(13(23)24)2-1-3-10(12)21(14)8-11(22)20-4-6-25-7-5-20/h1-3H,4-8H2,(H,23,24). The normalized spacial score (nSPS) is 15.6. The molecule has 2 aromatic rings. The molecule has 2 heterocycles. The first kappa shape index (κ1) is 17.2. The van der Waals surface area contributed by atoms with E-state index in [0.29, 0.717) is 26.3 Å². The maximum Gasteiger partial charge on any atom is 0.449 e. The summed E-state index contributed by atoms with van der Waals surface area (Å²) in [5, 5.41) is 9.15. The minimum atomic E-state index is -4.82. The highest BCUT2D eigenvalue weighted by Crippen LogP contribution is 2.32. The molecule has 134 valence electrons. The molecule has 7 nitrogen and oxygen atoms in total. The Balaban J connectivity index is 2.07. The average Bonchev–Trinajstić information content (AvgIpc) is 2.94. The Morgan fingerprint density at radius 1 is 1.24 bits per heavy atom. The number of imidazole rings is 1. The van der Waals surface area contributed by atoms with E-state index >= 15 is 0 Å². The molecule has 1 amide bonds. The molecule has 0 unspecified atom stereocenters. The van der Waals surface area contributed by atoms with Crippen molar-refractivity contribution in [2.75, 3.05) is 26.3 Å². The molecule has 1 aliphatic heterocycles. The van der Waals surface area contributed by atoms with Crippen LogP contribution in [0, 0.1) is 0 Å². The molecule has 1 saturated heterocycles. The molecule has 0 bridgehead atoms. The highest BCUT2D eigenvalue weighted by Gasteiger charge is 2.39. The monoisotopic (exact) mass is 357 g/mol. The Morgan fingerprint density at radius 3 is 2.52 bits per heavy atom. The molecule has 0 saturated carbocycles. The molecule has 0 atom stereocenters. The number of alkyl halides is 3. The number of ether oxygens (including phenoxy) is 1. The number of carbonyl (C=O) groups excluding carboxylic acids is 1. The summed E-state index contributed by atoms with van der Waals surface area (Å²) >= 11 is 0. The number of hydrogen-bond acceptors (Lipinski definition) is 4.